The molecule has 0 aliphatic heterocycles. The van der Waals surface area contributed by atoms with Crippen LogP contribution >= 0.6 is 12.6 Å². The quantitative estimate of drug-likeness (QED) is 0.436. The summed E-state index contributed by atoms with van der Waals surface area (Å²) in [6.07, 6.45) is 1.65. The highest BCUT2D eigenvalue weighted by Gasteiger charge is 2.15. The molecule has 0 unspecified atom stereocenters. The smallest absolute Gasteiger partial charge is 0.358 e. The third kappa shape index (κ3) is 1.76. The zero-order valence-electron chi connectivity index (χ0n) is 6.60. The predicted octanol–water partition coefficient (Wildman–Crippen LogP) is 1.03. The first-order valence-corrected chi connectivity index (χ1v) is 4.07. The molecule has 0 aliphatic carbocycles. The molecule has 12 heavy (non-hydrogen) atoms. The van der Waals surface area contributed by atoms with Crippen molar-refractivity contribution in [2.75, 3.05) is 5.75 Å². The van der Waals surface area contributed by atoms with Crippen LogP contribution in [-0.2, 0) is 6.54 Å². The standard InChI is InChI=1S/C6H9N3O2S/c1-5-4-8(2-3-12)7-6(5)9(10)11/h4,12H,2-3H2,1H3. The molecule has 1 heterocycles. The van der Waals surface area contributed by atoms with Gasteiger partial charge in [-0.2, -0.15) is 17.3 Å². The molecule has 0 fully saturated rings. The third-order valence-corrected chi connectivity index (χ3v) is 1.62. The minimum Gasteiger partial charge on any atom is -0.358 e. The van der Waals surface area contributed by atoms with Crippen LogP contribution in [0.15, 0.2) is 6.20 Å². The lowest BCUT2D eigenvalue weighted by atomic mass is 10.4. The molecule has 1 rings (SSSR count). The molecule has 0 saturated heterocycles. The number of nitro groups is 1. The summed E-state index contributed by atoms with van der Waals surface area (Å²) in [5, 5.41) is 14.1. The maximum atomic E-state index is 10.3. The van der Waals surface area contributed by atoms with E-state index in [2.05, 4.69) is 17.7 Å². The van der Waals surface area contributed by atoms with Gasteiger partial charge in [0.2, 0.25) is 0 Å². The van der Waals surface area contributed by atoms with Crippen LogP contribution < -0.4 is 0 Å². The molecular weight excluding hydrogens is 178 g/mol. The van der Waals surface area contributed by atoms with Crippen LogP contribution in [0.3, 0.4) is 0 Å². The van der Waals surface area contributed by atoms with Crippen molar-refractivity contribution in [2.24, 2.45) is 0 Å². The predicted molar refractivity (Wildman–Crippen MR) is 47.5 cm³/mol. The van der Waals surface area contributed by atoms with Gasteiger partial charge in [0.15, 0.2) is 0 Å². The summed E-state index contributed by atoms with van der Waals surface area (Å²) in [5.74, 6) is 0.551. The van der Waals surface area contributed by atoms with Crippen molar-refractivity contribution in [2.45, 2.75) is 13.5 Å². The minimum atomic E-state index is -0.482. The molecule has 0 amide bonds. The van der Waals surface area contributed by atoms with E-state index in [1.54, 1.807) is 13.1 Å². The second-order valence-electron chi connectivity index (χ2n) is 2.38. The summed E-state index contributed by atoms with van der Waals surface area (Å²) in [5.41, 5.74) is 0.585. The fourth-order valence-electron chi connectivity index (χ4n) is 0.908. The molecule has 0 atom stereocenters. The number of hydrogen-bond acceptors (Lipinski definition) is 4. The zero-order chi connectivity index (χ0) is 9.14. The highest BCUT2D eigenvalue weighted by Crippen LogP contribution is 2.13. The Kier molecular flexibility index (Phi) is 2.69. The summed E-state index contributed by atoms with van der Waals surface area (Å²) in [6.45, 7) is 2.26. The Hall–Kier alpha value is -1.04. The zero-order valence-corrected chi connectivity index (χ0v) is 7.49. The van der Waals surface area contributed by atoms with Gasteiger partial charge in [-0.15, -0.1) is 0 Å². The van der Waals surface area contributed by atoms with Gasteiger partial charge in [-0.3, -0.25) is 0 Å². The summed E-state index contributed by atoms with van der Waals surface area (Å²) in [6, 6.07) is 0. The normalized spacial score (nSPS) is 10.2. The van der Waals surface area contributed by atoms with Crippen molar-refractivity contribution in [3.05, 3.63) is 21.9 Å². The van der Waals surface area contributed by atoms with Crippen LogP contribution in [0.5, 0.6) is 0 Å². The van der Waals surface area contributed by atoms with Gasteiger partial charge in [-0.1, -0.05) is 0 Å². The Morgan fingerprint density at radius 3 is 2.92 bits per heavy atom. The van der Waals surface area contributed by atoms with Crippen LogP contribution in [0, 0.1) is 17.0 Å². The lowest BCUT2D eigenvalue weighted by Crippen LogP contribution is -2.00. The first-order chi connectivity index (χ1) is 5.65. The lowest BCUT2D eigenvalue weighted by molar-refractivity contribution is -0.390. The minimum absolute atomic E-state index is 0.0724. The number of thiol groups is 1. The largest absolute Gasteiger partial charge is 0.392 e. The molecule has 0 aromatic carbocycles. The van der Waals surface area contributed by atoms with Gasteiger partial charge in [-0.05, 0) is 11.8 Å². The van der Waals surface area contributed by atoms with Crippen molar-refractivity contribution in [3.8, 4) is 0 Å². The van der Waals surface area contributed by atoms with E-state index in [0.29, 0.717) is 17.9 Å². The fourth-order valence-corrected chi connectivity index (χ4v) is 1.11. The molecule has 5 nitrogen and oxygen atoms in total. The molecule has 6 heteroatoms. The van der Waals surface area contributed by atoms with Gasteiger partial charge >= 0.3 is 5.82 Å². The first kappa shape index (κ1) is 9.05. The number of aryl methyl sites for hydroxylation is 2. The van der Waals surface area contributed by atoms with Gasteiger partial charge < -0.3 is 10.1 Å². The van der Waals surface area contributed by atoms with Crippen LogP contribution in [0.25, 0.3) is 0 Å². The van der Waals surface area contributed by atoms with E-state index in [1.807, 2.05) is 0 Å². The maximum absolute atomic E-state index is 10.3. The highest BCUT2D eigenvalue weighted by atomic mass is 32.1. The summed E-state index contributed by atoms with van der Waals surface area (Å²) in [4.78, 5) is 9.87. The molecule has 1 aromatic rings. The Morgan fingerprint density at radius 2 is 2.50 bits per heavy atom. The lowest BCUT2D eigenvalue weighted by Gasteiger charge is -1.87. The van der Waals surface area contributed by atoms with Crippen LogP contribution in [0.1, 0.15) is 5.56 Å². The molecule has 66 valence electrons. The molecule has 0 radical (unpaired) electrons. The van der Waals surface area contributed by atoms with E-state index in [9.17, 15) is 10.1 Å². The van der Waals surface area contributed by atoms with Gasteiger partial charge in [0, 0.05) is 5.75 Å². The average molecular weight is 187 g/mol. The number of hydrogen-bond donors (Lipinski definition) is 1. The van der Waals surface area contributed by atoms with Crippen LogP contribution in [-0.4, -0.2) is 20.5 Å². The third-order valence-electron chi connectivity index (χ3n) is 1.42. The second kappa shape index (κ2) is 3.57. The molecule has 0 spiro atoms. The van der Waals surface area contributed by atoms with E-state index in [-0.39, 0.29) is 5.82 Å². The molecule has 0 aliphatic rings. The van der Waals surface area contributed by atoms with Crippen molar-refractivity contribution in [3.63, 3.8) is 0 Å². The number of nitrogens with zero attached hydrogens (tertiary/aromatic N) is 3. The van der Waals surface area contributed by atoms with E-state index < -0.39 is 4.92 Å². The Morgan fingerprint density at radius 1 is 1.83 bits per heavy atom. The summed E-state index contributed by atoms with van der Waals surface area (Å²) >= 11 is 4.00. The molecule has 0 saturated carbocycles. The fraction of sp³-hybridized carbons (Fsp3) is 0.500. The van der Waals surface area contributed by atoms with Gasteiger partial charge in [0.05, 0.1) is 23.4 Å². The Bertz CT molecular complexity index is 297. The first-order valence-electron chi connectivity index (χ1n) is 3.44. The van der Waals surface area contributed by atoms with Gasteiger partial charge in [0.25, 0.3) is 0 Å². The molecule has 0 bridgehead atoms. The van der Waals surface area contributed by atoms with E-state index in [4.69, 9.17) is 0 Å². The second-order valence-corrected chi connectivity index (χ2v) is 2.83. The van der Waals surface area contributed by atoms with Crippen molar-refractivity contribution in [1.29, 1.82) is 0 Å². The molecular formula is C6H9N3O2S. The Labute approximate surface area is 74.9 Å². The maximum Gasteiger partial charge on any atom is 0.392 e. The monoisotopic (exact) mass is 187 g/mol. The topological polar surface area (TPSA) is 61.0 Å². The number of aromatic nitrogens is 2. The SMILES string of the molecule is Cc1cn(CCS)nc1[N+](=O)[O-]. The van der Waals surface area contributed by atoms with Crippen LogP contribution in [0.2, 0.25) is 0 Å². The highest BCUT2D eigenvalue weighted by molar-refractivity contribution is 7.80. The van der Waals surface area contributed by atoms with Gasteiger partial charge in [0.1, 0.15) is 0 Å². The van der Waals surface area contributed by atoms with E-state index >= 15 is 0 Å². The van der Waals surface area contributed by atoms with E-state index in [1.165, 1.54) is 4.68 Å². The van der Waals surface area contributed by atoms with E-state index in [0.717, 1.165) is 0 Å². The Balaban J connectivity index is 2.92. The van der Waals surface area contributed by atoms with Gasteiger partial charge in [-0.25, -0.2) is 0 Å². The van der Waals surface area contributed by atoms with Crippen molar-refractivity contribution in [1.82, 2.24) is 9.78 Å². The van der Waals surface area contributed by atoms with Crippen molar-refractivity contribution >= 4 is 18.4 Å². The molecule has 0 N–H and O–H groups in total. The van der Waals surface area contributed by atoms with Crippen LogP contribution in [0.4, 0.5) is 5.82 Å². The average Bonchev–Trinajstić information content (AvgIpc) is 2.32. The summed E-state index contributed by atoms with van der Waals surface area (Å²) < 4.78 is 1.53. The molecule has 1 aromatic heterocycles. The number of rotatable bonds is 3. The van der Waals surface area contributed by atoms with Crippen molar-refractivity contribution < 1.29 is 4.92 Å². The summed E-state index contributed by atoms with van der Waals surface area (Å²) in [7, 11) is 0.